The molecule has 3 heterocycles. The molecule has 5 nitrogen and oxygen atoms in total. The van der Waals surface area contributed by atoms with Gasteiger partial charge in [-0.3, -0.25) is 14.7 Å². The van der Waals surface area contributed by atoms with Gasteiger partial charge in [0.1, 0.15) is 0 Å². The van der Waals surface area contributed by atoms with Gasteiger partial charge in [-0.1, -0.05) is 30.3 Å². The molecule has 2 fully saturated rings. The maximum Gasteiger partial charge on any atom is 0.223 e. The van der Waals surface area contributed by atoms with Crippen LogP contribution in [0, 0.1) is 0 Å². The number of piperidine rings is 1. The van der Waals surface area contributed by atoms with Gasteiger partial charge >= 0.3 is 0 Å². The van der Waals surface area contributed by atoms with E-state index >= 15 is 0 Å². The highest BCUT2D eigenvalue weighted by Gasteiger charge is 2.45. The van der Waals surface area contributed by atoms with Crippen LogP contribution in [0.4, 0.5) is 0 Å². The van der Waals surface area contributed by atoms with E-state index in [-0.39, 0.29) is 5.41 Å². The van der Waals surface area contributed by atoms with Gasteiger partial charge in [0, 0.05) is 45.3 Å². The number of benzene rings is 1. The zero-order chi connectivity index (χ0) is 21.3. The van der Waals surface area contributed by atoms with E-state index in [0.29, 0.717) is 18.2 Å². The first-order valence-electron chi connectivity index (χ1n) is 11.8. The molecule has 0 N–H and O–H groups in total. The Morgan fingerprint density at radius 2 is 1.74 bits per heavy atom. The van der Waals surface area contributed by atoms with E-state index in [9.17, 15) is 4.79 Å². The molecule has 0 radical (unpaired) electrons. The summed E-state index contributed by atoms with van der Waals surface area (Å²) < 4.78 is 0. The second kappa shape index (κ2) is 8.71. The lowest BCUT2D eigenvalue weighted by atomic mass is 9.73. The number of rotatable bonds is 4. The van der Waals surface area contributed by atoms with Gasteiger partial charge in [-0.15, -0.1) is 0 Å². The molecule has 0 unspecified atom stereocenters. The number of aromatic nitrogens is 1. The van der Waals surface area contributed by atoms with Crippen molar-refractivity contribution in [2.45, 2.75) is 43.6 Å². The molecule has 1 aromatic carbocycles. The summed E-state index contributed by atoms with van der Waals surface area (Å²) in [6.07, 6.45) is 6.03. The smallest absolute Gasteiger partial charge is 0.223 e. The highest BCUT2D eigenvalue weighted by atomic mass is 16.2. The van der Waals surface area contributed by atoms with Gasteiger partial charge in [-0.05, 0) is 74.0 Å². The molecule has 1 aliphatic carbocycles. The summed E-state index contributed by atoms with van der Waals surface area (Å²) in [6.45, 7) is 6.86. The van der Waals surface area contributed by atoms with E-state index in [0.717, 1.165) is 57.9 Å². The van der Waals surface area contributed by atoms with E-state index in [1.807, 2.05) is 12.3 Å². The van der Waals surface area contributed by atoms with E-state index in [2.05, 4.69) is 63.1 Å². The van der Waals surface area contributed by atoms with Crippen LogP contribution in [0.25, 0.3) is 0 Å². The maximum absolute atomic E-state index is 13.1. The van der Waals surface area contributed by atoms with Crippen LogP contribution >= 0.6 is 0 Å². The summed E-state index contributed by atoms with van der Waals surface area (Å²) in [4.78, 5) is 24.5. The van der Waals surface area contributed by atoms with Crippen LogP contribution in [0.15, 0.2) is 48.7 Å². The monoisotopic (exact) mass is 418 g/mol. The normalized spacial score (nSPS) is 23.8. The van der Waals surface area contributed by atoms with Crippen molar-refractivity contribution < 1.29 is 4.79 Å². The molecule has 164 valence electrons. The summed E-state index contributed by atoms with van der Waals surface area (Å²) in [6, 6.07) is 15.1. The molecule has 3 aliphatic rings. The molecule has 0 bridgehead atoms. The number of pyridine rings is 1. The first-order chi connectivity index (χ1) is 15.1. The minimum atomic E-state index is 0.240. The van der Waals surface area contributed by atoms with Crippen molar-refractivity contribution in [1.29, 1.82) is 0 Å². The van der Waals surface area contributed by atoms with Gasteiger partial charge in [-0.2, -0.15) is 0 Å². The molecule has 0 saturated carbocycles. The molecule has 2 aliphatic heterocycles. The third kappa shape index (κ3) is 4.26. The number of likely N-dealkylation sites (N-methyl/N-ethyl adjacent to an activating group) is 1. The lowest BCUT2D eigenvalue weighted by Crippen LogP contribution is -2.47. The van der Waals surface area contributed by atoms with Crippen LogP contribution < -0.4 is 0 Å². The van der Waals surface area contributed by atoms with Crippen molar-refractivity contribution >= 4 is 5.91 Å². The first-order valence-corrected chi connectivity index (χ1v) is 11.8. The Kier molecular flexibility index (Phi) is 5.81. The molecular weight excluding hydrogens is 384 g/mol. The van der Waals surface area contributed by atoms with Gasteiger partial charge < -0.3 is 9.80 Å². The first kappa shape index (κ1) is 20.7. The van der Waals surface area contributed by atoms with Gasteiger partial charge in [0.25, 0.3) is 0 Å². The van der Waals surface area contributed by atoms with Gasteiger partial charge in [0.15, 0.2) is 0 Å². The minimum absolute atomic E-state index is 0.240. The molecule has 5 rings (SSSR count). The summed E-state index contributed by atoms with van der Waals surface area (Å²) in [5, 5.41) is 0. The second-order valence-corrected chi connectivity index (χ2v) is 9.75. The number of piperazine rings is 1. The molecule has 5 heteroatoms. The van der Waals surface area contributed by atoms with Crippen LogP contribution in [0.2, 0.25) is 0 Å². The fourth-order valence-corrected chi connectivity index (χ4v) is 5.94. The lowest BCUT2D eigenvalue weighted by Gasteiger charge is -2.40. The minimum Gasteiger partial charge on any atom is -0.340 e. The molecule has 1 aromatic heterocycles. The van der Waals surface area contributed by atoms with Crippen molar-refractivity contribution in [3.8, 4) is 0 Å². The fourth-order valence-electron chi connectivity index (χ4n) is 5.94. The number of fused-ring (bicyclic) bond motifs is 2. The number of likely N-dealkylation sites (tertiary alicyclic amines) is 1. The number of carbonyl (C=O) groups excluding carboxylic acids is 1. The molecular formula is C26H34N4O. The van der Waals surface area contributed by atoms with Crippen molar-refractivity contribution in [2.75, 3.05) is 46.3 Å². The van der Waals surface area contributed by atoms with Crippen molar-refractivity contribution in [3.05, 3.63) is 65.5 Å². The van der Waals surface area contributed by atoms with Crippen LogP contribution in [-0.2, 0) is 16.8 Å². The third-order valence-corrected chi connectivity index (χ3v) is 7.81. The number of hydrogen-bond donors (Lipinski definition) is 0. The van der Waals surface area contributed by atoms with Crippen LogP contribution in [0.3, 0.4) is 0 Å². The Morgan fingerprint density at radius 1 is 1.00 bits per heavy atom. The molecule has 1 atom stereocenters. The number of carbonyl (C=O) groups is 1. The topological polar surface area (TPSA) is 39.7 Å². The van der Waals surface area contributed by atoms with Crippen molar-refractivity contribution in [2.24, 2.45) is 0 Å². The Bertz CT molecular complexity index is 899. The Hall–Kier alpha value is -2.24. The van der Waals surface area contributed by atoms with Crippen LogP contribution in [0.1, 0.15) is 48.4 Å². The van der Waals surface area contributed by atoms with Gasteiger partial charge in [-0.25, -0.2) is 0 Å². The Labute approximate surface area is 186 Å². The molecule has 1 spiro atoms. The summed E-state index contributed by atoms with van der Waals surface area (Å²) >= 11 is 0. The Balaban J connectivity index is 1.26. The maximum atomic E-state index is 13.1. The second-order valence-electron chi connectivity index (χ2n) is 9.75. The number of hydrogen-bond acceptors (Lipinski definition) is 4. The summed E-state index contributed by atoms with van der Waals surface area (Å²) in [5.74, 6) is 0.711. The number of amides is 1. The van der Waals surface area contributed by atoms with E-state index in [4.69, 9.17) is 0 Å². The molecule has 2 saturated heterocycles. The zero-order valence-electron chi connectivity index (χ0n) is 18.7. The SMILES string of the molecule is CN1CCN(C(=O)C[C@@H]2CC3(CCN(Cc4ccccn4)CC3)c3ccccc32)CC1. The summed E-state index contributed by atoms with van der Waals surface area (Å²) in [7, 11) is 2.14. The Morgan fingerprint density at radius 3 is 2.48 bits per heavy atom. The largest absolute Gasteiger partial charge is 0.340 e. The van der Waals surface area contributed by atoms with E-state index < -0.39 is 0 Å². The average Bonchev–Trinajstić information content (AvgIpc) is 3.10. The van der Waals surface area contributed by atoms with E-state index in [1.165, 1.54) is 24.0 Å². The highest BCUT2D eigenvalue weighted by molar-refractivity contribution is 5.77. The quantitative estimate of drug-likeness (QED) is 0.764. The van der Waals surface area contributed by atoms with E-state index in [1.54, 1.807) is 0 Å². The highest BCUT2D eigenvalue weighted by Crippen LogP contribution is 2.52. The van der Waals surface area contributed by atoms with Gasteiger partial charge in [0.05, 0.1) is 5.69 Å². The van der Waals surface area contributed by atoms with Gasteiger partial charge in [0.2, 0.25) is 5.91 Å². The average molecular weight is 419 g/mol. The zero-order valence-corrected chi connectivity index (χ0v) is 18.7. The third-order valence-electron chi connectivity index (χ3n) is 7.81. The molecule has 31 heavy (non-hydrogen) atoms. The molecule has 1 amide bonds. The summed E-state index contributed by atoms with van der Waals surface area (Å²) in [5.41, 5.74) is 4.34. The van der Waals surface area contributed by atoms with Crippen LogP contribution in [-0.4, -0.2) is 71.9 Å². The van der Waals surface area contributed by atoms with Crippen molar-refractivity contribution in [1.82, 2.24) is 19.7 Å². The number of nitrogens with zero attached hydrogens (tertiary/aromatic N) is 4. The predicted molar refractivity (Wildman–Crippen MR) is 123 cm³/mol. The standard InChI is InChI=1S/C26H34N4O/c1-28-14-16-30(17-15-28)25(31)18-21-19-26(24-8-3-2-7-23(21)24)9-12-29(13-10-26)20-22-6-4-5-11-27-22/h2-8,11,21H,9-10,12-20H2,1H3/t21-/m1/s1. The van der Waals surface area contributed by atoms with Crippen LogP contribution in [0.5, 0.6) is 0 Å². The lowest BCUT2D eigenvalue weighted by molar-refractivity contribution is -0.133. The molecule has 2 aromatic rings. The fraction of sp³-hybridized carbons (Fsp3) is 0.538. The predicted octanol–water partition coefficient (Wildman–Crippen LogP) is 3.27. The van der Waals surface area contributed by atoms with Crippen molar-refractivity contribution in [3.63, 3.8) is 0 Å².